The number of hydrogen-bond acceptors (Lipinski definition) is 5. The van der Waals surface area contributed by atoms with Crippen LogP contribution < -0.4 is 4.74 Å². The summed E-state index contributed by atoms with van der Waals surface area (Å²) in [6, 6.07) is 8.48. The van der Waals surface area contributed by atoms with Crippen molar-refractivity contribution in [2.45, 2.75) is 32.2 Å². The van der Waals surface area contributed by atoms with Gasteiger partial charge in [-0.1, -0.05) is 18.2 Å². The van der Waals surface area contributed by atoms with Gasteiger partial charge < -0.3 is 9.15 Å². The highest BCUT2D eigenvalue weighted by Crippen LogP contribution is 2.27. The average molecular weight is 351 g/mol. The number of methoxy groups -OCH3 is 1. The SMILES string of the molecule is COc1nccnc1CN1CCC(CCc2cccc3ccoc23)CC1. The normalized spacial score (nSPS) is 16.2. The third kappa shape index (κ3) is 3.73. The van der Waals surface area contributed by atoms with Crippen molar-refractivity contribution in [3.05, 3.63) is 54.2 Å². The molecule has 136 valence electrons. The number of aryl methyl sites for hydroxylation is 1. The number of hydrogen-bond donors (Lipinski definition) is 0. The van der Waals surface area contributed by atoms with Crippen LogP contribution in [0.1, 0.15) is 30.5 Å². The quantitative estimate of drug-likeness (QED) is 0.670. The number of aromatic nitrogens is 2. The lowest BCUT2D eigenvalue weighted by Crippen LogP contribution is -2.33. The molecular formula is C21H25N3O2. The molecule has 5 nitrogen and oxygen atoms in total. The Morgan fingerprint density at radius 1 is 1.15 bits per heavy atom. The molecular weight excluding hydrogens is 326 g/mol. The van der Waals surface area contributed by atoms with Gasteiger partial charge in [-0.05, 0) is 56.3 Å². The maximum atomic E-state index is 5.66. The first-order valence-electron chi connectivity index (χ1n) is 9.35. The maximum Gasteiger partial charge on any atom is 0.236 e. The fourth-order valence-corrected chi connectivity index (χ4v) is 3.89. The molecule has 1 fully saturated rings. The summed E-state index contributed by atoms with van der Waals surface area (Å²) in [4.78, 5) is 11.1. The van der Waals surface area contributed by atoms with E-state index >= 15 is 0 Å². The molecule has 3 aromatic rings. The van der Waals surface area contributed by atoms with Gasteiger partial charge in [-0.25, -0.2) is 4.98 Å². The highest BCUT2D eigenvalue weighted by atomic mass is 16.5. The number of fused-ring (bicyclic) bond motifs is 1. The molecule has 0 bridgehead atoms. The van der Waals surface area contributed by atoms with Crippen LogP contribution in [-0.2, 0) is 13.0 Å². The Morgan fingerprint density at radius 3 is 2.85 bits per heavy atom. The third-order valence-electron chi connectivity index (χ3n) is 5.39. The van der Waals surface area contributed by atoms with Crippen molar-refractivity contribution in [2.24, 2.45) is 5.92 Å². The third-order valence-corrected chi connectivity index (χ3v) is 5.39. The molecule has 1 saturated heterocycles. The van der Waals surface area contributed by atoms with Crippen LogP contribution in [0.2, 0.25) is 0 Å². The van der Waals surface area contributed by atoms with Gasteiger partial charge in [0.25, 0.3) is 0 Å². The molecule has 0 N–H and O–H groups in total. The number of nitrogens with zero attached hydrogens (tertiary/aromatic N) is 3. The van der Waals surface area contributed by atoms with Crippen LogP contribution in [-0.4, -0.2) is 35.1 Å². The molecule has 2 aromatic heterocycles. The molecule has 0 aliphatic carbocycles. The van der Waals surface area contributed by atoms with Crippen LogP contribution in [0, 0.1) is 5.92 Å². The number of piperidine rings is 1. The molecule has 4 rings (SSSR count). The van der Waals surface area contributed by atoms with E-state index in [9.17, 15) is 0 Å². The van der Waals surface area contributed by atoms with Gasteiger partial charge >= 0.3 is 0 Å². The zero-order valence-corrected chi connectivity index (χ0v) is 15.2. The summed E-state index contributed by atoms with van der Waals surface area (Å²) in [5.74, 6) is 1.42. The Bertz CT molecular complexity index is 853. The second-order valence-electron chi connectivity index (χ2n) is 7.03. The van der Waals surface area contributed by atoms with Gasteiger partial charge in [0, 0.05) is 24.3 Å². The molecule has 5 heteroatoms. The van der Waals surface area contributed by atoms with E-state index in [0.717, 1.165) is 43.2 Å². The van der Waals surface area contributed by atoms with Crippen LogP contribution in [0.15, 0.2) is 47.3 Å². The fraction of sp³-hybridized carbons (Fsp3) is 0.429. The number of furan rings is 1. The summed E-state index contributed by atoms with van der Waals surface area (Å²) in [7, 11) is 1.65. The minimum atomic E-state index is 0.640. The Labute approximate surface area is 154 Å². The van der Waals surface area contributed by atoms with Gasteiger partial charge in [0.1, 0.15) is 11.3 Å². The van der Waals surface area contributed by atoms with E-state index < -0.39 is 0 Å². The van der Waals surface area contributed by atoms with Crippen molar-refractivity contribution < 1.29 is 9.15 Å². The van der Waals surface area contributed by atoms with E-state index in [1.807, 2.05) is 6.07 Å². The summed E-state index contributed by atoms with van der Waals surface area (Å²) in [6.45, 7) is 3.03. The molecule has 1 aliphatic rings. The Morgan fingerprint density at radius 2 is 2.00 bits per heavy atom. The highest BCUT2D eigenvalue weighted by Gasteiger charge is 2.21. The zero-order valence-electron chi connectivity index (χ0n) is 15.2. The van der Waals surface area contributed by atoms with E-state index in [4.69, 9.17) is 9.15 Å². The molecule has 0 amide bonds. The molecule has 0 radical (unpaired) electrons. The molecule has 26 heavy (non-hydrogen) atoms. The van der Waals surface area contributed by atoms with E-state index in [1.165, 1.54) is 30.2 Å². The number of likely N-dealkylation sites (tertiary alicyclic amines) is 1. The van der Waals surface area contributed by atoms with Crippen molar-refractivity contribution in [3.8, 4) is 5.88 Å². The molecule has 0 spiro atoms. The van der Waals surface area contributed by atoms with Gasteiger partial charge in [-0.15, -0.1) is 0 Å². The van der Waals surface area contributed by atoms with E-state index in [-0.39, 0.29) is 0 Å². The van der Waals surface area contributed by atoms with Crippen molar-refractivity contribution in [3.63, 3.8) is 0 Å². The largest absolute Gasteiger partial charge is 0.480 e. The van der Waals surface area contributed by atoms with Crippen molar-refractivity contribution in [1.82, 2.24) is 14.9 Å². The van der Waals surface area contributed by atoms with Crippen LogP contribution in [0.3, 0.4) is 0 Å². The standard InChI is InChI=1S/C21H25N3O2/c1-25-21-19(22-10-11-23-21)15-24-12-7-16(8-13-24)5-6-17-3-2-4-18-9-14-26-20(17)18/h2-4,9-11,14,16H,5-8,12-13,15H2,1H3. The molecule has 1 aromatic carbocycles. The first-order valence-corrected chi connectivity index (χ1v) is 9.35. The minimum Gasteiger partial charge on any atom is -0.480 e. The van der Waals surface area contributed by atoms with Gasteiger partial charge in [-0.3, -0.25) is 9.88 Å². The number of ether oxygens (including phenoxy) is 1. The lowest BCUT2D eigenvalue weighted by Gasteiger charge is -2.31. The van der Waals surface area contributed by atoms with Gasteiger partial charge in [0.05, 0.1) is 13.4 Å². The summed E-state index contributed by atoms with van der Waals surface area (Å²) in [5, 5.41) is 1.20. The van der Waals surface area contributed by atoms with Crippen LogP contribution in [0.4, 0.5) is 0 Å². The fourth-order valence-electron chi connectivity index (χ4n) is 3.89. The van der Waals surface area contributed by atoms with Crippen molar-refractivity contribution in [1.29, 1.82) is 0 Å². The van der Waals surface area contributed by atoms with Gasteiger partial charge in [0.2, 0.25) is 5.88 Å². The van der Waals surface area contributed by atoms with Crippen molar-refractivity contribution >= 4 is 11.0 Å². The molecule has 3 heterocycles. The van der Waals surface area contributed by atoms with Crippen LogP contribution in [0.5, 0.6) is 5.88 Å². The minimum absolute atomic E-state index is 0.640. The summed E-state index contributed by atoms with van der Waals surface area (Å²) < 4.78 is 11.0. The maximum absolute atomic E-state index is 5.66. The lowest BCUT2D eigenvalue weighted by atomic mass is 9.90. The van der Waals surface area contributed by atoms with E-state index in [1.54, 1.807) is 25.8 Å². The predicted octanol–water partition coefficient (Wildman–Crippen LogP) is 4.08. The smallest absolute Gasteiger partial charge is 0.236 e. The average Bonchev–Trinajstić information content (AvgIpc) is 3.17. The van der Waals surface area contributed by atoms with Crippen LogP contribution in [0.25, 0.3) is 11.0 Å². The van der Waals surface area contributed by atoms with E-state index in [0.29, 0.717) is 5.88 Å². The predicted molar refractivity (Wildman–Crippen MR) is 101 cm³/mol. The topological polar surface area (TPSA) is 51.4 Å². The molecule has 0 atom stereocenters. The van der Waals surface area contributed by atoms with Crippen molar-refractivity contribution in [2.75, 3.05) is 20.2 Å². The van der Waals surface area contributed by atoms with Gasteiger partial charge in [0.15, 0.2) is 0 Å². The number of para-hydroxylation sites is 1. The summed E-state index contributed by atoms with van der Waals surface area (Å²) in [6.07, 6.45) is 9.98. The first kappa shape index (κ1) is 17.0. The zero-order chi connectivity index (χ0) is 17.8. The lowest BCUT2D eigenvalue weighted by molar-refractivity contribution is 0.168. The summed E-state index contributed by atoms with van der Waals surface area (Å²) >= 11 is 0. The molecule has 0 unspecified atom stereocenters. The summed E-state index contributed by atoms with van der Waals surface area (Å²) in [5.41, 5.74) is 3.32. The molecule has 1 aliphatic heterocycles. The van der Waals surface area contributed by atoms with E-state index in [2.05, 4.69) is 33.1 Å². The number of benzene rings is 1. The first-order chi connectivity index (χ1) is 12.8. The Balaban J connectivity index is 1.29. The Hall–Kier alpha value is -2.40. The monoisotopic (exact) mass is 351 g/mol. The van der Waals surface area contributed by atoms with Gasteiger partial charge in [-0.2, -0.15) is 0 Å². The Kier molecular flexibility index (Phi) is 5.16. The second-order valence-corrected chi connectivity index (χ2v) is 7.03. The molecule has 0 saturated carbocycles. The number of rotatable bonds is 6. The highest BCUT2D eigenvalue weighted by molar-refractivity contribution is 5.80. The second kappa shape index (κ2) is 7.87. The van der Waals surface area contributed by atoms with Crippen LogP contribution >= 0.6 is 0 Å².